The van der Waals surface area contributed by atoms with Gasteiger partial charge in [-0.3, -0.25) is 9.69 Å². The smallest absolute Gasteiger partial charge is 0.313 e. The molecule has 3 amide bonds. The number of benzene rings is 1. The molecule has 0 unspecified atom stereocenters. The molecule has 2 heterocycles. The minimum Gasteiger partial charge on any atom is -0.313 e. The number of thiophene rings is 1. The largest absolute Gasteiger partial charge is 0.327 e. The zero-order valence-electron chi connectivity index (χ0n) is 12.0. The van der Waals surface area contributed by atoms with Gasteiger partial charge in [0.15, 0.2) is 0 Å². The van der Waals surface area contributed by atoms with Gasteiger partial charge >= 0.3 is 6.03 Å². The van der Waals surface area contributed by atoms with Crippen molar-refractivity contribution in [2.75, 3.05) is 7.05 Å². The molecule has 0 saturated carbocycles. The van der Waals surface area contributed by atoms with Crippen LogP contribution in [0.2, 0.25) is 0 Å². The second kappa shape index (κ2) is 4.53. The lowest BCUT2D eigenvalue weighted by Crippen LogP contribution is -2.41. The molecule has 0 spiro atoms. The van der Waals surface area contributed by atoms with Crippen LogP contribution in [0.5, 0.6) is 0 Å². The number of halogens is 1. The molecule has 21 heavy (non-hydrogen) atoms. The van der Waals surface area contributed by atoms with E-state index in [1.165, 1.54) is 33.3 Å². The number of hydrogen-bond donors (Lipinski definition) is 0. The first kappa shape index (κ1) is 14.0. The van der Waals surface area contributed by atoms with Crippen LogP contribution in [0.15, 0.2) is 24.3 Å². The summed E-state index contributed by atoms with van der Waals surface area (Å²) < 4.78 is 14.1. The van der Waals surface area contributed by atoms with Gasteiger partial charge in [0.25, 0.3) is 5.91 Å². The highest BCUT2D eigenvalue weighted by Crippen LogP contribution is 2.31. The monoisotopic (exact) mass is 306 g/mol. The van der Waals surface area contributed by atoms with E-state index >= 15 is 0 Å². The minimum atomic E-state index is -0.820. The Labute approximate surface area is 125 Å². The lowest BCUT2D eigenvalue weighted by Gasteiger charge is -2.22. The number of amides is 3. The summed E-state index contributed by atoms with van der Waals surface area (Å²) in [6.45, 7) is 3.69. The third-order valence-electron chi connectivity index (χ3n) is 3.97. The van der Waals surface area contributed by atoms with E-state index in [0.29, 0.717) is 0 Å². The van der Waals surface area contributed by atoms with Crippen molar-refractivity contribution in [2.45, 2.75) is 25.9 Å². The molecule has 3 rings (SSSR count). The molecule has 1 fully saturated rings. The molecular formula is C15H15FN2O2S. The minimum absolute atomic E-state index is 0.210. The summed E-state index contributed by atoms with van der Waals surface area (Å²) in [6.07, 6.45) is 0. The highest BCUT2D eigenvalue weighted by Gasteiger charge is 2.49. The first-order valence-corrected chi connectivity index (χ1v) is 7.40. The normalized spacial score (nSPS) is 18.1. The summed E-state index contributed by atoms with van der Waals surface area (Å²) in [7, 11) is 1.63. The summed E-state index contributed by atoms with van der Waals surface area (Å²) in [5, 5.41) is 0.793. The van der Waals surface area contributed by atoms with Crippen molar-refractivity contribution in [1.29, 1.82) is 0 Å². The molecule has 1 aromatic heterocycles. The van der Waals surface area contributed by atoms with Crippen LogP contribution in [0.3, 0.4) is 0 Å². The molecule has 2 aromatic rings. The van der Waals surface area contributed by atoms with Gasteiger partial charge in [0.2, 0.25) is 0 Å². The predicted molar refractivity (Wildman–Crippen MR) is 79.6 cm³/mol. The molecule has 0 atom stereocenters. The average Bonchev–Trinajstić information content (AvgIpc) is 2.88. The maximum atomic E-state index is 13.2. The van der Waals surface area contributed by atoms with E-state index in [-0.39, 0.29) is 24.3 Å². The van der Waals surface area contributed by atoms with E-state index in [1.54, 1.807) is 27.0 Å². The Balaban J connectivity index is 1.92. The second-order valence-corrected chi connectivity index (χ2v) is 6.86. The molecule has 0 aliphatic carbocycles. The zero-order valence-corrected chi connectivity index (χ0v) is 12.8. The molecule has 110 valence electrons. The molecule has 1 aliphatic rings. The number of carbonyl (C=O) groups excluding carboxylic acids is 2. The topological polar surface area (TPSA) is 40.6 Å². The maximum Gasteiger partial charge on any atom is 0.327 e. The third kappa shape index (κ3) is 2.10. The molecule has 4 nitrogen and oxygen atoms in total. The molecule has 6 heteroatoms. The summed E-state index contributed by atoms with van der Waals surface area (Å²) in [5.41, 5.74) is -0.820. The van der Waals surface area contributed by atoms with Crippen molar-refractivity contribution >= 4 is 33.4 Å². The Hall–Kier alpha value is -1.95. The first-order valence-electron chi connectivity index (χ1n) is 6.58. The average molecular weight is 306 g/mol. The standard InChI is InChI=1S/C15H15FN2O2S/c1-15(2)13(19)18(14(20)17(15)3)8-11-7-9-6-10(16)4-5-12(9)21-11/h4-7H,8H2,1-3H3. The summed E-state index contributed by atoms with van der Waals surface area (Å²) in [6, 6.07) is 6.11. The van der Waals surface area contributed by atoms with Gasteiger partial charge in [-0.2, -0.15) is 0 Å². The van der Waals surface area contributed by atoms with Gasteiger partial charge in [-0.05, 0) is 43.5 Å². The van der Waals surface area contributed by atoms with E-state index in [4.69, 9.17) is 0 Å². The van der Waals surface area contributed by atoms with Crippen molar-refractivity contribution in [2.24, 2.45) is 0 Å². The lowest BCUT2D eigenvalue weighted by atomic mass is 10.1. The zero-order chi connectivity index (χ0) is 15.4. The fourth-order valence-corrected chi connectivity index (χ4v) is 3.46. The maximum absolute atomic E-state index is 13.2. The highest BCUT2D eigenvalue weighted by atomic mass is 32.1. The van der Waals surface area contributed by atoms with E-state index in [2.05, 4.69) is 0 Å². The van der Waals surface area contributed by atoms with Gasteiger partial charge in [0.05, 0.1) is 6.54 Å². The van der Waals surface area contributed by atoms with Crippen LogP contribution in [-0.2, 0) is 11.3 Å². The van der Waals surface area contributed by atoms with Gasteiger partial charge in [0.1, 0.15) is 11.4 Å². The molecule has 1 aromatic carbocycles. The summed E-state index contributed by atoms with van der Waals surface area (Å²) in [5.74, 6) is -0.500. The van der Waals surface area contributed by atoms with Crippen LogP contribution in [0.25, 0.3) is 10.1 Å². The Kier molecular flexibility index (Phi) is 3.02. The van der Waals surface area contributed by atoms with Crippen LogP contribution in [0.1, 0.15) is 18.7 Å². The first-order chi connectivity index (χ1) is 9.80. The highest BCUT2D eigenvalue weighted by molar-refractivity contribution is 7.19. The SMILES string of the molecule is CN1C(=O)N(Cc2cc3cc(F)ccc3s2)C(=O)C1(C)C. The fourth-order valence-electron chi connectivity index (χ4n) is 2.42. The third-order valence-corrected chi connectivity index (χ3v) is 5.07. The molecule has 0 radical (unpaired) electrons. The quantitative estimate of drug-likeness (QED) is 0.799. The molecule has 1 saturated heterocycles. The second-order valence-electron chi connectivity index (χ2n) is 5.69. The van der Waals surface area contributed by atoms with Crippen LogP contribution in [0, 0.1) is 5.82 Å². The van der Waals surface area contributed by atoms with Gasteiger partial charge in [0, 0.05) is 16.6 Å². The number of carbonyl (C=O) groups is 2. The van der Waals surface area contributed by atoms with Crippen molar-refractivity contribution in [3.05, 3.63) is 35.0 Å². The Morgan fingerprint density at radius 2 is 1.95 bits per heavy atom. The van der Waals surface area contributed by atoms with Crippen LogP contribution < -0.4 is 0 Å². The van der Waals surface area contributed by atoms with Crippen molar-refractivity contribution in [3.63, 3.8) is 0 Å². The molecule has 1 aliphatic heterocycles. The number of nitrogens with zero attached hydrogens (tertiary/aromatic N) is 2. The number of fused-ring (bicyclic) bond motifs is 1. The Morgan fingerprint density at radius 1 is 1.24 bits per heavy atom. The van der Waals surface area contributed by atoms with Gasteiger partial charge in [-0.25, -0.2) is 9.18 Å². The van der Waals surface area contributed by atoms with Crippen molar-refractivity contribution in [3.8, 4) is 0 Å². The molecular weight excluding hydrogens is 291 g/mol. The van der Waals surface area contributed by atoms with E-state index in [0.717, 1.165) is 15.0 Å². The Morgan fingerprint density at radius 3 is 2.57 bits per heavy atom. The van der Waals surface area contributed by atoms with Crippen LogP contribution >= 0.6 is 11.3 Å². The number of likely N-dealkylation sites (N-methyl/N-ethyl adjacent to an activating group) is 1. The van der Waals surface area contributed by atoms with E-state index in [1.807, 2.05) is 6.07 Å². The van der Waals surface area contributed by atoms with Gasteiger partial charge in [-0.15, -0.1) is 11.3 Å². The van der Waals surface area contributed by atoms with Crippen LogP contribution in [0.4, 0.5) is 9.18 Å². The Bertz CT molecular complexity index is 753. The summed E-state index contributed by atoms with van der Waals surface area (Å²) >= 11 is 1.47. The number of rotatable bonds is 2. The van der Waals surface area contributed by atoms with E-state index in [9.17, 15) is 14.0 Å². The van der Waals surface area contributed by atoms with Crippen LogP contribution in [-0.4, -0.2) is 34.3 Å². The van der Waals surface area contributed by atoms with Gasteiger partial charge < -0.3 is 4.90 Å². The summed E-state index contributed by atoms with van der Waals surface area (Å²) in [4.78, 5) is 28.1. The van der Waals surface area contributed by atoms with Crippen molar-refractivity contribution < 1.29 is 14.0 Å². The number of hydrogen-bond acceptors (Lipinski definition) is 3. The van der Waals surface area contributed by atoms with Crippen molar-refractivity contribution in [1.82, 2.24) is 9.80 Å². The number of urea groups is 1. The fraction of sp³-hybridized carbons (Fsp3) is 0.333. The predicted octanol–water partition coefficient (Wildman–Crippen LogP) is 3.21. The molecule has 0 bridgehead atoms. The number of imide groups is 1. The van der Waals surface area contributed by atoms with Gasteiger partial charge in [-0.1, -0.05) is 0 Å². The molecule has 0 N–H and O–H groups in total. The lowest BCUT2D eigenvalue weighted by molar-refractivity contribution is -0.131. The van der Waals surface area contributed by atoms with E-state index < -0.39 is 5.54 Å².